The monoisotopic (exact) mass is 252 g/mol. The second-order valence-electron chi connectivity index (χ2n) is 7.05. The summed E-state index contributed by atoms with van der Waals surface area (Å²) in [5.41, 5.74) is 0. The van der Waals surface area contributed by atoms with Gasteiger partial charge in [-0.05, 0) is 64.3 Å². The van der Waals surface area contributed by atoms with Gasteiger partial charge in [0.05, 0.1) is 0 Å². The molecule has 1 heterocycles. The van der Waals surface area contributed by atoms with Crippen LogP contribution in [0, 0.1) is 11.8 Å². The molecule has 18 heavy (non-hydrogen) atoms. The van der Waals surface area contributed by atoms with Gasteiger partial charge < -0.3 is 5.32 Å². The molecule has 2 heteroatoms. The van der Waals surface area contributed by atoms with Crippen molar-refractivity contribution in [2.75, 3.05) is 13.1 Å². The van der Waals surface area contributed by atoms with Crippen LogP contribution in [0.4, 0.5) is 0 Å². The first kappa shape index (κ1) is 14.3. The Morgan fingerprint density at radius 1 is 1.17 bits per heavy atom. The van der Waals surface area contributed by atoms with Gasteiger partial charge in [0.25, 0.3) is 0 Å². The Labute approximate surface area is 114 Å². The van der Waals surface area contributed by atoms with E-state index in [1.54, 1.807) is 0 Å². The molecule has 2 rings (SSSR count). The van der Waals surface area contributed by atoms with Crippen LogP contribution in [0.1, 0.15) is 59.8 Å². The van der Waals surface area contributed by atoms with E-state index in [0.717, 1.165) is 23.9 Å². The fraction of sp³-hybridized carbons (Fsp3) is 1.00. The molecular weight excluding hydrogens is 220 g/mol. The summed E-state index contributed by atoms with van der Waals surface area (Å²) in [6.07, 6.45) is 7.00. The summed E-state index contributed by atoms with van der Waals surface area (Å²) in [5.74, 6) is 1.81. The Morgan fingerprint density at radius 2 is 1.94 bits per heavy atom. The third kappa shape index (κ3) is 3.48. The molecule has 2 aliphatic rings. The van der Waals surface area contributed by atoms with Crippen LogP contribution in [0.3, 0.4) is 0 Å². The first-order valence-electron chi connectivity index (χ1n) is 8.07. The summed E-state index contributed by atoms with van der Waals surface area (Å²) < 4.78 is 0. The van der Waals surface area contributed by atoms with Crippen LogP contribution >= 0.6 is 0 Å². The van der Waals surface area contributed by atoms with E-state index >= 15 is 0 Å². The van der Waals surface area contributed by atoms with Crippen molar-refractivity contribution >= 4 is 0 Å². The minimum atomic E-state index is 0.688. The zero-order valence-electron chi connectivity index (χ0n) is 12.8. The second kappa shape index (κ2) is 6.38. The highest BCUT2D eigenvalue weighted by Gasteiger charge is 2.32. The lowest BCUT2D eigenvalue weighted by Gasteiger charge is -2.43. The SMILES string of the molecule is CC1CCC(N(CC2CCCN2)C(C)C)C(C)C1. The normalized spacial score (nSPS) is 37.7. The Balaban J connectivity index is 1.95. The van der Waals surface area contributed by atoms with Crippen LogP contribution in [0.15, 0.2) is 0 Å². The summed E-state index contributed by atoms with van der Waals surface area (Å²) >= 11 is 0. The van der Waals surface area contributed by atoms with Gasteiger partial charge in [-0.3, -0.25) is 4.90 Å². The predicted octanol–water partition coefficient (Wildman–Crippen LogP) is 3.27. The van der Waals surface area contributed by atoms with Crippen molar-refractivity contribution in [2.45, 2.75) is 77.9 Å². The largest absolute Gasteiger partial charge is 0.313 e. The minimum Gasteiger partial charge on any atom is -0.313 e. The number of nitrogens with zero attached hydrogens (tertiary/aromatic N) is 1. The van der Waals surface area contributed by atoms with Gasteiger partial charge >= 0.3 is 0 Å². The Kier molecular flexibility index (Phi) is 5.08. The van der Waals surface area contributed by atoms with Crippen molar-refractivity contribution in [1.82, 2.24) is 10.2 Å². The smallest absolute Gasteiger partial charge is 0.0195 e. The molecule has 1 N–H and O–H groups in total. The molecule has 106 valence electrons. The van der Waals surface area contributed by atoms with Crippen molar-refractivity contribution < 1.29 is 0 Å². The fourth-order valence-corrected chi connectivity index (χ4v) is 4.04. The molecule has 2 nitrogen and oxygen atoms in total. The summed E-state index contributed by atoms with van der Waals surface area (Å²) in [4.78, 5) is 2.79. The molecule has 0 spiro atoms. The zero-order chi connectivity index (χ0) is 13.1. The molecule has 0 aromatic rings. The molecule has 0 amide bonds. The van der Waals surface area contributed by atoms with Crippen molar-refractivity contribution in [3.63, 3.8) is 0 Å². The van der Waals surface area contributed by atoms with E-state index in [9.17, 15) is 0 Å². The lowest BCUT2D eigenvalue weighted by Crippen LogP contribution is -2.50. The Morgan fingerprint density at radius 3 is 2.50 bits per heavy atom. The highest BCUT2D eigenvalue weighted by molar-refractivity contribution is 4.88. The molecule has 0 bridgehead atoms. The topological polar surface area (TPSA) is 15.3 Å². The first-order chi connectivity index (χ1) is 8.58. The van der Waals surface area contributed by atoms with Gasteiger partial charge in [0.2, 0.25) is 0 Å². The molecule has 0 aromatic heterocycles. The summed E-state index contributed by atoms with van der Waals surface area (Å²) in [5, 5.41) is 3.66. The Hall–Kier alpha value is -0.0800. The minimum absolute atomic E-state index is 0.688. The number of rotatable bonds is 4. The predicted molar refractivity (Wildman–Crippen MR) is 78.8 cm³/mol. The highest BCUT2D eigenvalue weighted by atomic mass is 15.2. The molecule has 1 aliphatic carbocycles. The number of hydrogen-bond donors (Lipinski definition) is 1. The van der Waals surface area contributed by atoms with Crippen LogP contribution in [-0.2, 0) is 0 Å². The van der Waals surface area contributed by atoms with Crippen LogP contribution < -0.4 is 5.32 Å². The van der Waals surface area contributed by atoms with Crippen LogP contribution in [0.25, 0.3) is 0 Å². The van der Waals surface area contributed by atoms with E-state index in [1.165, 1.54) is 45.2 Å². The molecule has 4 unspecified atom stereocenters. The average Bonchev–Trinajstić information content (AvgIpc) is 2.79. The molecule has 0 aromatic carbocycles. The number of hydrogen-bond acceptors (Lipinski definition) is 2. The average molecular weight is 252 g/mol. The molecule has 0 radical (unpaired) electrons. The third-order valence-electron chi connectivity index (χ3n) is 5.07. The van der Waals surface area contributed by atoms with Crippen LogP contribution in [-0.4, -0.2) is 36.1 Å². The van der Waals surface area contributed by atoms with Gasteiger partial charge in [0.1, 0.15) is 0 Å². The first-order valence-corrected chi connectivity index (χ1v) is 8.07. The molecular formula is C16H32N2. The van der Waals surface area contributed by atoms with Gasteiger partial charge in [0.15, 0.2) is 0 Å². The van der Waals surface area contributed by atoms with Gasteiger partial charge in [-0.1, -0.05) is 13.8 Å². The lowest BCUT2D eigenvalue weighted by atomic mass is 9.78. The van der Waals surface area contributed by atoms with E-state index in [1.807, 2.05) is 0 Å². The fourth-order valence-electron chi connectivity index (χ4n) is 4.04. The van der Waals surface area contributed by atoms with E-state index < -0.39 is 0 Å². The molecule has 4 atom stereocenters. The molecule has 1 aliphatic heterocycles. The molecule has 1 saturated carbocycles. The standard InChI is InChI=1S/C16H32N2/c1-12(2)18(11-15-6-5-9-17-15)16-8-7-13(3)10-14(16)4/h12-17H,5-11H2,1-4H3. The summed E-state index contributed by atoms with van der Waals surface area (Å²) in [7, 11) is 0. The van der Waals surface area contributed by atoms with Crippen molar-refractivity contribution in [2.24, 2.45) is 11.8 Å². The highest BCUT2D eigenvalue weighted by Crippen LogP contribution is 2.33. The van der Waals surface area contributed by atoms with E-state index in [0.29, 0.717) is 6.04 Å². The van der Waals surface area contributed by atoms with Gasteiger partial charge in [-0.15, -0.1) is 0 Å². The maximum absolute atomic E-state index is 3.66. The van der Waals surface area contributed by atoms with E-state index in [4.69, 9.17) is 0 Å². The second-order valence-corrected chi connectivity index (χ2v) is 7.05. The van der Waals surface area contributed by atoms with Gasteiger partial charge in [-0.2, -0.15) is 0 Å². The van der Waals surface area contributed by atoms with Crippen molar-refractivity contribution in [3.05, 3.63) is 0 Å². The van der Waals surface area contributed by atoms with Crippen LogP contribution in [0.5, 0.6) is 0 Å². The Bertz CT molecular complexity index is 245. The lowest BCUT2D eigenvalue weighted by molar-refractivity contribution is 0.0606. The molecule has 2 fully saturated rings. The van der Waals surface area contributed by atoms with Crippen molar-refractivity contribution in [1.29, 1.82) is 0 Å². The van der Waals surface area contributed by atoms with Gasteiger partial charge in [0, 0.05) is 24.7 Å². The van der Waals surface area contributed by atoms with E-state index in [2.05, 4.69) is 37.9 Å². The summed E-state index contributed by atoms with van der Waals surface area (Å²) in [6.45, 7) is 12.1. The van der Waals surface area contributed by atoms with E-state index in [-0.39, 0.29) is 0 Å². The zero-order valence-corrected chi connectivity index (χ0v) is 12.8. The van der Waals surface area contributed by atoms with Gasteiger partial charge in [-0.25, -0.2) is 0 Å². The molecule has 1 saturated heterocycles. The number of nitrogens with one attached hydrogen (secondary N) is 1. The summed E-state index contributed by atoms with van der Waals surface area (Å²) in [6, 6.07) is 2.26. The maximum Gasteiger partial charge on any atom is 0.0195 e. The quantitative estimate of drug-likeness (QED) is 0.826. The van der Waals surface area contributed by atoms with Crippen LogP contribution in [0.2, 0.25) is 0 Å². The maximum atomic E-state index is 3.66. The van der Waals surface area contributed by atoms with Crippen molar-refractivity contribution in [3.8, 4) is 0 Å². The third-order valence-corrected chi connectivity index (χ3v) is 5.07.